The second-order valence-corrected chi connectivity index (χ2v) is 6.88. The van der Waals surface area contributed by atoms with Crippen LogP contribution >= 0.6 is 0 Å². The van der Waals surface area contributed by atoms with Gasteiger partial charge in [-0.25, -0.2) is 15.0 Å². The van der Waals surface area contributed by atoms with E-state index in [9.17, 15) is 5.26 Å². The van der Waals surface area contributed by atoms with Crippen LogP contribution in [0.5, 0.6) is 0 Å². The number of rotatable bonds is 4. The van der Waals surface area contributed by atoms with Gasteiger partial charge in [-0.15, -0.1) is 0 Å². The fourth-order valence-electron chi connectivity index (χ4n) is 3.57. The van der Waals surface area contributed by atoms with Gasteiger partial charge in [0.1, 0.15) is 11.8 Å². The lowest BCUT2D eigenvalue weighted by Crippen LogP contribution is -2.02. The Morgan fingerprint density at radius 1 is 1.00 bits per heavy atom. The quantitative estimate of drug-likeness (QED) is 0.487. The lowest BCUT2D eigenvalue weighted by molar-refractivity contribution is 0.681. The Balaban J connectivity index is 1.79. The van der Waals surface area contributed by atoms with Crippen LogP contribution in [0, 0.1) is 11.3 Å². The van der Waals surface area contributed by atoms with Crippen LogP contribution in [0.3, 0.4) is 0 Å². The monoisotopic (exact) mass is 404 g/mol. The van der Waals surface area contributed by atoms with E-state index in [1.165, 1.54) is 6.33 Å². The van der Waals surface area contributed by atoms with Crippen molar-refractivity contribution < 1.29 is 0 Å². The molecule has 5 rings (SSSR count). The highest BCUT2D eigenvalue weighted by atomic mass is 15.3. The van der Waals surface area contributed by atoms with Crippen LogP contribution in [0.1, 0.15) is 11.3 Å². The van der Waals surface area contributed by atoms with E-state index < -0.39 is 0 Å². The van der Waals surface area contributed by atoms with Crippen molar-refractivity contribution in [2.45, 2.75) is 6.54 Å². The molecule has 31 heavy (non-hydrogen) atoms. The molecule has 5 aromatic rings. The predicted molar refractivity (Wildman–Crippen MR) is 116 cm³/mol. The molecule has 0 atom stereocenters. The summed E-state index contributed by atoms with van der Waals surface area (Å²) >= 11 is 0. The lowest BCUT2D eigenvalue weighted by Gasteiger charge is -2.12. The van der Waals surface area contributed by atoms with E-state index in [0.717, 1.165) is 16.6 Å². The molecule has 0 bridgehead atoms. The Hall–Kier alpha value is -4.64. The van der Waals surface area contributed by atoms with Crippen molar-refractivity contribution in [1.82, 2.24) is 29.7 Å². The molecule has 0 saturated heterocycles. The Kier molecular flexibility index (Phi) is 4.54. The van der Waals surface area contributed by atoms with Gasteiger partial charge in [0.15, 0.2) is 5.82 Å². The minimum absolute atomic E-state index is 0.287. The molecule has 0 radical (unpaired) electrons. The summed E-state index contributed by atoms with van der Waals surface area (Å²) in [4.78, 5) is 17.5. The number of nitrogens with zero attached hydrogens (tertiary/aromatic N) is 7. The van der Waals surface area contributed by atoms with Crippen LogP contribution in [0.4, 0.5) is 5.82 Å². The van der Waals surface area contributed by atoms with Gasteiger partial charge in [0, 0.05) is 35.1 Å². The van der Waals surface area contributed by atoms with Crippen LogP contribution in [0.15, 0.2) is 73.4 Å². The van der Waals surface area contributed by atoms with Crippen molar-refractivity contribution in [2.75, 3.05) is 5.73 Å². The smallest absolute Gasteiger partial charge is 0.152 e. The van der Waals surface area contributed by atoms with Gasteiger partial charge in [-0.05, 0) is 24.3 Å². The number of anilines is 1. The highest BCUT2D eigenvalue weighted by Crippen LogP contribution is 2.38. The zero-order valence-electron chi connectivity index (χ0n) is 16.3. The first-order valence-corrected chi connectivity index (χ1v) is 9.57. The van der Waals surface area contributed by atoms with Crippen molar-refractivity contribution in [3.63, 3.8) is 0 Å². The molecule has 4 aromatic heterocycles. The summed E-state index contributed by atoms with van der Waals surface area (Å²) in [5.41, 5.74) is 11.0. The van der Waals surface area contributed by atoms with E-state index in [1.807, 2.05) is 42.6 Å². The van der Waals surface area contributed by atoms with Gasteiger partial charge in [0.25, 0.3) is 0 Å². The molecule has 148 valence electrons. The second kappa shape index (κ2) is 7.65. The highest BCUT2D eigenvalue weighted by molar-refractivity contribution is 6.04. The van der Waals surface area contributed by atoms with Gasteiger partial charge in [0.05, 0.1) is 35.3 Å². The van der Waals surface area contributed by atoms with Crippen LogP contribution in [0.2, 0.25) is 0 Å². The number of pyridine rings is 2. The summed E-state index contributed by atoms with van der Waals surface area (Å²) in [6, 6.07) is 17.1. The van der Waals surface area contributed by atoms with E-state index in [0.29, 0.717) is 34.6 Å². The third kappa shape index (κ3) is 3.34. The third-order valence-electron chi connectivity index (χ3n) is 4.93. The van der Waals surface area contributed by atoms with Crippen molar-refractivity contribution in [2.24, 2.45) is 0 Å². The number of benzene rings is 1. The van der Waals surface area contributed by atoms with Crippen molar-refractivity contribution >= 4 is 16.7 Å². The Bertz CT molecular complexity index is 1420. The summed E-state index contributed by atoms with van der Waals surface area (Å²) in [7, 11) is 0. The topological polar surface area (TPSA) is 119 Å². The van der Waals surface area contributed by atoms with Gasteiger partial charge in [-0.1, -0.05) is 24.3 Å². The maximum absolute atomic E-state index is 9.63. The van der Waals surface area contributed by atoms with Gasteiger partial charge in [-0.3, -0.25) is 9.67 Å². The van der Waals surface area contributed by atoms with Crippen LogP contribution in [0.25, 0.3) is 33.4 Å². The molecule has 1 aromatic carbocycles. The molecule has 0 fully saturated rings. The molecule has 4 heterocycles. The van der Waals surface area contributed by atoms with Crippen LogP contribution in [-0.2, 0) is 6.54 Å². The van der Waals surface area contributed by atoms with Crippen molar-refractivity contribution in [3.05, 3.63) is 84.7 Å². The van der Waals surface area contributed by atoms with Gasteiger partial charge >= 0.3 is 0 Å². The molecule has 2 N–H and O–H groups in total. The van der Waals surface area contributed by atoms with Gasteiger partial charge < -0.3 is 5.73 Å². The van der Waals surface area contributed by atoms with E-state index in [-0.39, 0.29) is 5.82 Å². The van der Waals surface area contributed by atoms with E-state index in [2.05, 4.69) is 31.1 Å². The Morgan fingerprint density at radius 2 is 1.87 bits per heavy atom. The molecule has 0 amide bonds. The molecule has 0 aliphatic carbocycles. The molecule has 0 saturated carbocycles. The van der Waals surface area contributed by atoms with E-state index >= 15 is 0 Å². The summed E-state index contributed by atoms with van der Waals surface area (Å²) in [6.45, 7) is 0.488. The standard InChI is InChI=1S/C23H16N8/c24-11-15-5-1-2-7-17(15)21-20(19-8-10-26-14-28-19)18-13-31(30-22(18)23(25)29-21)12-16-6-3-4-9-27-16/h1-10,13-14H,12H2,(H2,25,29). The van der Waals surface area contributed by atoms with E-state index in [1.54, 1.807) is 29.2 Å². The number of nitrogen functional groups attached to an aromatic ring is 1. The normalized spacial score (nSPS) is 10.8. The molecule has 0 aliphatic heterocycles. The molecular formula is C23H16N8. The maximum Gasteiger partial charge on any atom is 0.152 e. The highest BCUT2D eigenvalue weighted by Gasteiger charge is 2.21. The lowest BCUT2D eigenvalue weighted by atomic mass is 9.96. The number of hydrogen-bond acceptors (Lipinski definition) is 7. The maximum atomic E-state index is 9.63. The number of aromatic nitrogens is 6. The van der Waals surface area contributed by atoms with E-state index in [4.69, 9.17) is 5.73 Å². The fourth-order valence-corrected chi connectivity index (χ4v) is 3.57. The van der Waals surface area contributed by atoms with Crippen LogP contribution < -0.4 is 5.73 Å². The minimum Gasteiger partial charge on any atom is -0.382 e. The number of nitrogens with two attached hydrogens (primary N) is 1. The van der Waals surface area contributed by atoms with Crippen LogP contribution in [-0.4, -0.2) is 29.7 Å². The predicted octanol–water partition coefficient (Wildman–Crippen LogP) is 3.45. The molecule has 0 spiro atoms. The molecule has 8 heteroatoms. The van der Waals surface area contributed by atoms with Crippen molar-refractivity contribution in [3.8, 4) is 28.6 Å². The number of nitriles is 1. The SMILES string of the molecule is N#Cc1ccccc1-c1nc(N)c2nn(Cc3ccccn3)cc2c1-c1ccncn1. The molecule has 0 aliphatic rings. The Labute approximate surface area is 177 Å². The van der Waals surface area contributed by atoms with Crippen molar-refractivity contribution in [1.29, 1.82) is 5.26 Å². The van der Waals surface area contributed by atoms with Gasteiger partial charge in [0.2, 0.25) is 0 Å². The first kappa shape index (κ1) is 18.4. The zero-order valence-corrected chi connectivity index (χ0v) is 16.3. The first-order valence-electron chi connectivity index (χ1n) is 9.57. The average Bonchev–Trinajstić information content (AvgIpc) is 3.24. The number of hydrogen-bond donors (Lipinski definition) is 1. The fraction of sp³-hybridized carbons (Fsp3) is 0.0435. The third-order valence-corrected chi connectivity index (χ3v) is 4.93. The minimum atomic E-state index is 0.287. The van der Waals surface area contributed by atoms with Gasteiger partial charge in [-0.2, -0.15) is 10.4 Å². The number of fused-ring (bicyclic) bond motifs is 1. The molecular weight excluding hydrogens is 388 g/mol. The summed E-state index contributed by atoms with van der Waals surface area (Å²) < 4.78 is 1.79. The average molecular weight is 404 g/mol. The second-order valence-electron chi connectivity index (χ2n) is 6.88. The molecule has 0 unspecified atom stereocenters. The first-order chi connectivity index (χ1) is 15.2. The Morgan fingerprint density at radius 3 is 2.65 bits per heavy atom. The summed E-state index contributed by atoms with van der Waals surface area (Å²) in [5, 5.41) is 15.1. The largest absolute Gasteiger partial charge is 0.382 e. The summed E-state index contributed by atoms with van der Waals surface area (Å²) in [6.07, 6.45) is 6.81. The summed E-state index contributed by atoms with van der Waals surface area (Å²) in [5.74, 6) is 0.287. The molecule has 8 nitrogen and oxygen atoms in total. The zero-order chi connectivity index (χ0) is 21.2.